The van der Waals surface area contributed by atoms with Gasteiger partial charge in [-0.15, -0.1) is 0 Å². The number of hydrogen-bond acceptors (Lipinski definition) is 3. The number of pyridine rings is 1. The molecular weight excluding hydrogens is 347 g/mol. The lowest BCUT2D eigenvalue weighted by molar-refractivity contribution is -0.142. The third-order valence-corrected chi connectivity index (χ3v) is 3.57. The Bertz CT molecular complexity index is 922. The molecule has 0 radical (unpaired) electrons. The molecule has 0 unspecified atom stereocenters. The number of anilines is 2. The predicted molar refractivity (Wildman–Crippen MR) is 90.2 cm³/mol. The van der Waals surface area contributed by atoms with Crippen LogP contribution in [0.4, 0.5) is 29.3 Å². The van der Waals surface area contributed by atoms with Crippen molar-refractivity contribution in [3.8, 4) is 5.69 Å². The number of carbonyl (C=O) groups is 1. The quantitative estimate of drug-likeness (QED) is 0.733. The fraction of sp³-hybridized carbons (Fsp3) is 0.118. The Labute approximate surface area is 146 Å². The van der Waals surface area contributed by atoms with E-state index in [0.717, 1.165) is 10.9 Å². The van der Waals surface area contributed by atoms with Crippen LogP contribution < -0.4 is 10.6 Å². The van der Waals surface area contributed by atoms with Crippen molar-refractivity contribution in [1.29, 1.82) is 0 Å². The summed E-state index contributed by atoms with van der Waals surface area (Å²) >= 11 is 0. The molecule has 9 heteroatoms. The summed E-state index contributed by atoms with van der Waals surface area (Å²) in [5.74, 6) is 0. The van der Waals surface area contributed by atoms with Crippen LogP contribution >= 0.6 is 0 Å². The number of carbonyl (C=O) groups excluding carboxylic acids is 1. The Morgan fingerprint density at radius 1 is 1.08 bits per heavy atom. The summed E-state index contributed by atoms with van der Waals surface area (Å²) in [7, 11) is 0. The summed E-state index contributed by atoms with van der Waals surface area (Å²) in [4.78, 5) is 15.8. The molecule has 6 nitrogen and oxygen atoms in total. The van der Waals surface area contributed by atoms with Crippen LogP contribution in [-0.2, 0) is 6.18 Å². The molecule has 0 aliphatic heterocycles. The van der Waals surface area contributed by atoms with E-state index in [1.54, 1.807) is 25.1 Å². The Hall–Kier alpha value is -3.36. The number of amides is 2. The highest BCUT2D eigenvalue weighted by Gasteiger charge is 2.39. The number of nitrogens with one attached hydrogen (secondary N) is 2. The third-order valence-electron chi connectivity index (χ3n) is 3.57. The van der Waals surface area contributed by atoms with Crippen LogP contribution in [0.25, 0.3) is 5.69 Å². The number of urea groups is 1. The molecular formula is C17H14F3N5O. The van der Waals surface area contributed by atoms with Crippen LogP contribution in [0.5, 0.6) is 0 Å². The largest absolute Gasteiger partial charge is 0.435 e. The van der Waals surface area contributed by atoms with Gasteiger partial charge >= 0.3 is 12.2 Å². The zero-order valence-corrected chi connectivity index (χ0v) is 13.6. The number of halogens is 3. The van der Waals surface area contributed by atoms with Crippen molar-refractivity contribution in [1.82, 2.24) is 14.8 Å². The summed E-state index contributed by atoms with van der Waals surface area (Å²) in [6.45, 7) is 1.68. The fourth-order valence-corrected chi connectivity index (χ4v) is 2.42. The van der Waals surface area contributed by atoms with Crippen molar-refractivity contribution < 1.29 is 18.0 Å². The van der Waals surface area contributed by atoms with Crippen LogP contribution in [0, 0.1) is 6.92 Å². The molecule has 0 spiro atoms. The van der Waals surface area contributed by atoms with Gasteiger partial charge in [0.25, 0.3) is 0 Å². The van der Waals surface area contributed by atoms with Gasteiger partial charge in [-0.3, -0.25) is 4.98 Å². The molecule has 2 amide bonds. The van der Waals surface area contributed by atoms with Crippen LogP contribution in [0.2, 0.25) is 0 Å². The summed E-state index contributed by atoms with van der Waals surface area (Å²) in [5.41, 5.74) is -0.197. The second-order valence-electron chi connectivity index (χ2n) is 5.42. The van der Waals surface area contributed by atoms with E-state index in [0.29, 0.717) is 11.3 Å². The maximum atomic E-state index is 13.6. The highest BCUT2D eigenvalue weighted by Crippen LogP contribution is 2.36. The van der Waals surface area contributed by atoms with E-state index in [2.05, 4.69) is 20.7 Å². The van der Waals surface area contributed by atoms with Crippen molar-refractivity contribution in [2.24, 2.45) is 0 Å². The van der Waals surface area contributed by atoms with Gasteiger partial charge < -0.3 is 10.6 Å². The van der Waals surface area contributed by atoms with Crippen molar-refractivity contribution in [2.75, 3.05) is 10.6 Å². The Morgan fingerprint density at radius 3 is 2.42 bits per heavy atom. The first-order valence-corrected chi connectivity index (χ1v) is 7.55. The smallest absolute Gasteiger partial charge is 0.308 e. The molecule has 0 fully saturated rings. The normalized spacial score (nSPS) is 11.2. The minimum atomic E-state index is -4.71. The maximum Gasteiger partial charge on any atom is 0.435 e. The van der Waals surface area contributed by atoms with Crippen LogP contribution in [0.1, 0.15) is 11.3 Å². The van der Waals surface area contributed by atoms with Gasteiger partial charge in [-0.25, -0.2) is 9.48 Å². The summed E-state index contributed by atoms with van der Waals surface area (Å²) in [6.07, 6.45) is -0.834. The van der Waals surface area contributed by atoms with E-state index >= 15 is 0 Å². The summed E-state index contributed by atoms with van der Waals surface area (Å²) in [5, 5.41) is 8.45. The maximum absolute atomic E-state index is 13.6. The lowest BCUT2D eigenvalue weighted by Gasteiger charge is -2.14. The molecule has 0 bridgehead atoms. The van der Waals surface area contributed by atoms with Crippen molar-refractivity contribution >= 4 is 17.4 Å². The van der Waals surface area contributed by atoms with Gasteiger partial charge in [0.05, 0.1) is 17.6 Å². The number of rotatable bonds is 3. The molecule has 0 atom stereocenters. The standard InChI is InChI=1S/C17H14F3N5O/c1-11-4-2-3-5-14(11)25-15(17(18,19)20)13(10-22-25)24-16(26)23-12-6-8-21-9-7-12/h2-10H,1H3,(H2,21,23,24,26). The van der Waals surface area contributed by atoms with Crippen LogP contribution in [0.15, 0.2) is 55.0 Å². The van der Waals surface area contributed by atoms with E-state index in [1.807, 2.05) is 0 Å². The molecule has 1 aromatic carbocycles. The number of aryl methyl sites for hydroxylation is 1. The highest BCUT2D eigenvalue weighted by molar-refractivity contribution is 6.00. The lowest BCUT2D eigenvalue weighted by Crippen LogP contribution is -2.22. The number of benzene rings is 1. The molecule has 2 N–H and O–H groups in total. The van der Waals surface area contributed by atoms with Crippen LogP contribution in [-0.4, -0.2) is 20.8 Å². The van der Waals surface area contributed by atoms with Gasteiger partial charge in [-0.05, 0) is 30.7 Å². The first kappa shape index (κ1) is 17.5. The second-order valence-corrected chi connectivity index (χ2v) is 5.42. The monoisotopic (exact) mass is 361 g/mol. The Morgan fingerprint density at radius 2 is 1.77 bits per heavy atom. The van der Waals surface area contributed by atoms with Gasteiger partial charge in [0.1, 0.15) is 0 Å². The molecule has 0 saturated carbocycles. The van der Waals surface area contributed by atoms with E-state index in [9.17, 15) is 18.0 Å². The fourth-order valence-electron chi connectivity index (χ4n) is 2.42. The molecule has 2 heterocycles. The van der Waals surface area contributed by atoms with Crippen molar-refractivity contribution in [3.05, 3.63) is 66.2 Å². The topological polar surface area (TPSA) is 71.8 Å². The van der Waals surface area contributed by atoms with Gasteiger partial charge in [0, 0.05) is 18.1 Å². The predicted octanol–water partition coefficient (Wildman–Crippen LogP) is 4.24. The lowest BCUT2D eigenvalue weighted by atomic mass is 10.2. The van der Waals surface area contributed by atoms with Crippen molar-refractivity contribution in [3.63, 3.8) is 0 Å². The zero-order chi connectivity index (χ0) is 18.7. The average Bonchev–Trinajstić information content (AvgIpc) is 2.99. The SMILES string of the molecule is Cc1ccccc1-n1ncc(NC(=O)Nc2ccncc2)c1C(F)(F)F. The third kappa shape index (κ3) is 3.66. The van der Waals surface area contributed by atoms with E-state index < -0.39 is 23.6 Å². The number of aromatic nitrogens is 3. The van der Waals surface area contributed by atoms with Gasteiger partial charge in [0.15, 0.2) is 5.69 Å². The second kappa shape index (κ2) is 6.87. The van der Waals surface area contributed by atoms with E-state index in [4.69, 9.17) is 0 Å². The minimum Gasteiger partial charge on any atom is -0.308 e. The molecule has 0 aliphatic rings. The van der Waals surface area contributed by atoms with E-state index in [-0.39, 0.29) is 5.69 Å². The first-order chi connectivity index (χ1) is 12.4. The Kier molecular flexibility index (Phi) is 4.61. The molecule has 3 rings (SSSR count). The number of alkyl halides is 3. The van der Waals surface area contributed by atoms with E-state index in [1.165, 1.54) is 30.6 Å². The average molecular weight is 361 g/mol. The van der Waals surface area contributed by atoms with Crippen molar-refractivity contribution in [2.45, 2.75) is 13.1 Å². The number of hydrogen-bond donors (Lipinski definition) is 2. The zero-order valence-electron chi connectivity index (χ0n) is 13.6. The molecule has 26 heavy (non-hydrogen) atoms. The molecule has 3 aromatic rings. The Balaban J connectivity index is 1.93. The van der Waals surface area contributed by atoms with Gasteiger partial charge in [-0.1, -0.05) is 18.2 Å². The number of para-hydroxylation sites is 1. The highest BCUT2D eigenvalue weighted by atomic mass is 19.4. The molecule has 2 aromatic heterocycles. The first-order valence-electron chi connectivity index (χ1n) is 7.55. The summed E-state index contributed by atoms with van der Waals surface area (Å²) < 4.78 is 41.6. The minimum absolute atomic E-state index is 0.280. The van der Waals surface area contributed by atoms with Gasteiger partial charge in [0.2, 0.25) is 0 Å². The molecule has 134 valence electrons. The van der Waals surface area contributed by atoms with Crippen LogP contribution in [0.3, 0.4) is 0 Å². The molecule has 0 aliphatic carbocycles. The van der Waals surface area contributed by atoms with Gasteiger partial charge in [-0.2, -0.15) is 18.3 Å². The summed E-state index contributed by atoms with van der Waals surface area (Å²) in [6, 6.07) is 8.76. The molecule has 0 saturated heterocycles. The number of nitrogens with zero attached hydrogens (tertiary/aromatic N) is 3.